The van der Waals surface area contributed by atoms with Crippen LogP contribution < -0.4 is 4.90 Å². The van der Waals surface area contributed by atoms with Gasteiger partial charge in [-0.15, -0.1) is 11.3 Å². The molecule has 0 radical (unpaired) electrons. The van der Waals surface area contributed by atoms with Crippen LogP contribution in [0, 0.1) is 5.41 Å². The van der Waals surface area contributed by atoms with Gasteiger partial charge in [0.25, 0.3) is 0 Å². The molecule has 2 aliphatic carbocycles. The van der Waals surface area contributed by atoms with E-state index in [9.17, 15) is 14.7 Å². The van der Waals surface area contributed by atoms with Crippen LogP contribution in [0.25, 0.3) is 0 Å². The molecule has 5 nitrogen and oxygen atoms in total. The normalized spacial score (nSPS) is 25.8. The molecule has 6 heteroatoms. The summed E-state index contributed by atoms with van der Waals surface area (Å²) in [5.41, 5.74) is 1.07. The second-order valence-electron chi connectivity index (χ2n) is 8.77. The van der Waals surface area contributed by atoms with Crippen molar-refractivity contribution in [2.75, 3.05) is 12.0 Å². The van der Waals surface area contributed by atoms with Crippen molar-refractivity contribution in [2.24, 2.45) is 5.41 Å². The van der Waals surface area contributed by atoms with Crippen LogP contribution in [-0.4, -0.2) is 36.7 Å². The molecule has 1 heterocycles. The molecule has 0 atom stereocenters. The minimum atomic E-state index is -0.375. The molecule has 0 saturated heterocycles. The number of aliphatic hydroxyl groups excluding tert-OH is 1. The quantitative estimate of drug-likeness (QED) is 0.591. The van der Waals surface area contributed by atoms with Crippen LogP contribution in [0.3, 0.4) is 0 Å². The number of anilines is 1. The first-order valence-corrected chi connectivity index (χ1v) is 10.8. The van der Waals surface area contributed by atoms with Crippen LogP contribution in [0.15, 0.2) is 6.07 Å². The molecule has 150 valence electrons. The third-order valence-electron chi connectivity index (χ3n) is 6.30. The first-order chi connectivity index (χ1) is 12.8. The lowest BCUT2D eigenvalue weighted by Crippen LogP contribution is -2.38. The van der Waals surface area contributed by atoms with Crippen LogP contribution in [0.1, 0.15) is 85.7 Å². The topological polar surface area (TPSA) is 66.8 Å². The van der Waals surface area contributed by atoms with Gasteiger partial charge in [-0.3, -0.25) is 4.79 Å². The number of hydrogen-bond donors (Lipinski definition) is 1. The molecule has 2 fully saturated rings. The van der Waals surface area contributed by atoms with E-state index in [1.807, 2.05) is 6.07 Å². The minimum Gasteiger partial charge on any atom is -0.465 e. The molecular formula is C21H31NO4S. The number of amides is 1. The Kier molecular flexibility index (Phi) is 6.26. The van der Waals surface area contributed by atoms with E-state index in [4.69, 9.17) is 4.74 Å². The SMILES string of the molecule is COC(=O)c1sc(C2CCC(C)(C)CC2)cc1N(C=O)C1CCC(O)CC1. The van der Waals surface area contributed by atoms with Gasteiger partial charge in [0.1, 0.15) is 4.88 Å². The van der Waals surface area contributed by atoms with Gasteiger partial charge in [0.05, 0.1) is 18.9 Å². The van der Waals surface area contributed by atoms with Crippen LogP contribution >= 0.6 is 11.3 Å². The number of rotatable bonds is 5. The first-order valence-electron chi connectivity index (χ1n) is 9.98. The van der Waals surface area contributed by atoms with E-state index in [-0.39, 0.29) is 18.1 Å². The number of ether oxygens (including phenoxy) is 1. The number of thiophene rings is 1. The zero-order chi connectivity index (χ0) is 19.6. The molecule has 0 unspecified atom stereocenters. The van der Waals surface area contributed by atoms with Crippen molar-refractivity contribution in [1.82, 2.24) is 0 Å². The number of nitrogens with zero attached hydrogens (tertiary/aromatic N) is 1. The standard InChI is InChI=1S/C21H31NO4S/c1-21(2)10-8-14(9-11-21)18-12-17(19(27-18)20(25)26-3)22(13-23)15-4-6-16(24)7-5-15/h12-16,24H,4-11H2,1-3H3. The van der Waals surface area contributed by atoms with Crippen LogP contribution in [0.2, 0.25) is 0 Å². The predicted octanol–water partition coefficient (Wildman–Crippen LogP) is 4.48. The molecule has 0 aliphatic heterocycles. The van der Waals surface area contributed by atoms with Crippen LogP contribution in [0.4, 0.5) is 5.69 Å². The number of esters is 1. The maximum Gasteiger partial charge on any atom is 0.350 e. The fourth-order valence-electron chi connectivity index (χ4n) is 4.39. The predicted molar refractivity (Wildman–Crippen MR) is 107 cm³/mol. The highest BCUT2D eigenvalue weighted by molar-refractivity contribution is 7.14. The fraction of sp³-hybridized carbons (Fsp3) is 0.714. The highest BCUT2D eigenvalue weighted by atomic mass is 32.1. The largest absolute Gasteiger partial charge is 0.465 e. The van der Waals surface area contributed by atoms with Crippen molar-refractivity contribution < 1.29 is 19.4 Å². The number of carbonyl (C=O) groups is 2. The fourth-order valence-corrected chi connectivity index (χ4v) is 5.64. The monoisotopic (exact) mass is 393 g/mol. The van der Waals surface area contributed by atoms with E-state index in [1.54, 1.807) is 4.90 Å². The third kappa shape index (κ3) is 4.54. The van der Waals surface area contributed by atoms with Gasteiger partial charge in [-0.25, -0.2) is 4.79 Å². The summed E-state index contributed by atoms with van der Waals surface area (Å²) in [5.74, 6) is 0.0712. The van der Waals surface area contributed by atoms with E-state index in [0.29, 0.717) is 34.7 Å². The highest BCUT2D eigenvalue weighted by Gasteiger charge is 2.33. The van der Waals surface area contributed by atoms with E-state index in [1.165, 1.54) is 36.2 Å². The Balaban J connectivity index is 1.87. The maximum atomic E-state index is 12.4. The van der Waals surface area contributed by atoms with Crippen molar-refractivity contribution in [3.63, 3.8) is 0 Å². The summed E-state index contributed by atoms with van der Waals surface area (Å²) in [5, 5.41) is 9.77. The molecule has 1 aromatic heterocycles. The lowest BCUT2D eigenvalue weighted by atomic mass is 9.73. The summed E-state index contributed by atoms with van der Waals surface area (Å²) < 4.78 is 5.00. The van der Waals surface area contributed by atoms with E-state index in [2.05, 4.69) is 13.8 Å². The van der Waals surface area contributed by atoms with Crippen molar-refractivity contribution in [1.29, 1.82) is 0 Å². The van der Waals surface area contributed by atoms with Gasteiger partial charge in [0.15, 0.2) is 0 Å². The van der Waals surface area contributed by atoms with Gasteiger partial charge in [0.2, 0.25) is 6.41 Å². The summed E-state index contributed by atoms with van der Waals surface area (Å²) in [6, 6.07) is 2.07. The molecular weight excluding hydrogens is 362 g/mol. The summed E-state index contributed by atoms with van der Waals surface area (Å²) in [7, 11) is 1.39. The minimum absolute atomic E-state index is 0.0297. The molecule has 0 bridgehead atoms. The smallest absolute Gasteiger partial charge is 0.350 e. The lowest BCUT2D eigenvalue weighted by molar-refractivity contribution is -0.108. The van der Waals surface area contributed by atoms with E-state index < -0.39 is 0 Å². The molecule has 0 aromatic carbocycles. The average Bonchev–Trinajstić information content (AvgIpc) is 3.08. The van der Waals surface area contributed by atoms with Crippen molar-refractivity contribution in [3.05, 3.63) is 15.8 Å². The zero-order valence-corrected chi connectivity index (χ0v) is 17.4. The number of methoxy groups -OCH3 is 1. The maximum absolute atomic E-state index is 12.4. The van der Waals surface area contributed by atoms with Crippen molar-refractivity contribution in [2.45, 2.75) is 83.3 Å². The number of carbonyl (C=O) groups excluding carboxylic acids is 2. The van der Waals surface area contributed by atoms with E-state index in [0.717, 1.165) is 32.1 Å². The van der Waals surface area contributed by atoms with Gasteiger partial charge in [-0.1, -0.05) is 13.8 Å². The summed E-state index contributed by atoms with van der Waals surface area (Å²) in [6.45, 7) is 4.63. The Bertz CT molecular complexity index is 666. The Morgan fingerprint density at radius 1 is 1.22 bits per heavy atom. The summed E-state index contributed by atoms with van der Waals surface area (Å²) in [6.07, 6.45) is 8.03. The van der Waals surface area contributed by atoms with E-state index >= 15 is 0 Å². The third-order valence-corrected chi connectivity index (χ3v) is 7.56. The van der Waals surface area contributed by atoms with Gasteiger partial charge >= 0.3 is 5.97 Å². The first kappa shape index (κ1) is 20.3. The van der Waals surface area contributed by atoms with Crippen molar-refractivity contribution in [3.8, 4) is 0 Å². The second-order valence-corrected chi connectivity index (χ2v) is 9.85. The molecule has 2 saturated carbocycles. The van der Waals surface area contributed by atoms with Crippen molar-refractivity contribution >= 4 is 29.4 Å². The molecule has 1 N–H and O–H groups in total. The Hall–Kier alpha value is -1.40. The van der Waals surface area contributed by atoms with Gasteiger partial charge in [-0.05, 0) is 68.8 Å². The second kappa shape index (κ2) is 8.31. The Labute approximate surface area is 165 Å². The molecule has 3 rings (SSSR count). The van der Waals surface area contributed by atoms with Gasteiger partial charge < -0.3 is 14.7 Å². The average molecular weight is 394 g/mol. The summed E-state index contributed by atoms with van der Waals surface area (Å²) in [4.78, 5) is 27.7. The number of hydrogen-bond acceptors (Lipinski definition) is 5. The molecule has 27 heavy (non-hydrogen) atoms. The molecule has 1 aromatic rings. The van der Waals surface area contributed by atoms with Crippen LogP contribution in [0.5, 0.6) is 0 Å². The Morgan fingerprint density at radius 2 is 1.85 bits per heavy atom. The Morgan fingerprint density at radius 3 is 2.41 bits per heavy atom. The van der Waals surface area contributed by atoms with Gasteiger partial charge in [-0.2, -0.15) is 0 Å². The lowest BCUT2D eigenvalue weighted by Gasteiger charge is -2.34. The summed E-state index contributed by atoms with van der Waals surface area (Å²) >= 11 is 1.48. The van der Waals surface area contributed by atoms with Gasteiger partial charge in [0, 0.05) is 10.9 Å². The molecule has 2 aliphatic rings. The highest BCUT2D eigenvalue weighted by Crippen LogP contribution is 2.46. The molecule has 1 amide bonds. The molecule has 0 spiro atoms. The van der Waals surface area contributed by atoms with Crippen LogP contribution in [-0.2, 0) is 9.53 Å². The zero-order valence-electron chi connectivity index (χ0n) is 16.6. The number of aliphatic hydroxyl groups is 1.